The predicted molar refractivity (Wildman–Crippen MR) is 92.3 cm³/mol. The molecular weight excluding hydrogens is 457 g/mol. The molecule has 1 aromatic carbocycles. The maximum atomic E-state index is 13.1. The smallest absolute Gasteiger partial charge is 0.438 e. The largest absolute Gasteiger partial charge is 0.470 e. The SMILES string of the molecule is O=C(c1ccn(COc2ccc(Br)cc2Cl)n1)N1N=CCC1(O)C(F)(F)F. The molecule has 0 fully saturated rings. The highest BCUT2D eigenvalue weighted by atomic mass is 79.9. The number of halogens is 5. The first-order valence-electron chi connectivity index (χ1n) is 7.39. The third-order valence-corrected chi connectivity index (χ3v) is 4.46. The molecule has 27 heavy (non-hydrogen) atoms. The van der Waals surface area contributed by atoms with Crippen molar-refractivity contribution >= 4 is 39.7 Å². The summed E-state index contributed by atoms with van der Waals surface area (Å²) in [6, 6.07) is 6.14. The highest BCUT2D eigenvalue weighted by molar-refractivity contribution is 9.10. The number of carbonyl (C=O) groups excluding carboxylic acids is 1. The van der Waals surface area contributed by atoms with Crippen LogP contribution in [0.25, 0.3) is 0 Å². The molecule has 0 aliphatic carbocycles. The molecule has 1 aliphatic heterocycles. The van der Waals surface area contributed by atoms with Crippen molar-refractivity contribution in [1.82, 2.24) is 14.8 Å². The molecular formula is C15H11BrClF3N4O3. The highest BCUT2D eigenvalue weighted by Gasteiger charge is 2.61. The van der Waals surface area contributed by atoms with Crippen molar-refractivity contribution in [1.29, 1.82) is 0 Å². The normalized spacial score (nSPS) is 19.6. The Labute approximate surface area is 164 Å². The van der Waals surface area contributed by atoms with Crippen LogP contribution in [0.4, 0.5) is 13.2 Å². The molecule has 1 N–H and O–H groups in total. The van der Waals surface area contributed by atoms with Gasteiger partial charge >= 0.3 is 6.18 Å². The minimum absolute atomic E-state index is 0.0217. The average Bonchev–Trinajstić information content (AvgIpc) is 3.20. The molecule has 1 unspecified atom stereocenters. The predicted octanol–water partition coefficient (Wildman–Crippen LogP) is 3.42. The molecule has 7 nitrogen and oxygen atoms in total. The molecule has 1 aliphatic rings. The minimum Gasteiger partial charge on any atom is -0.470 e. The van der Waals surface area contributed by atoms with Gasteiger partial charge in [-0.25, -0.2) is 4.68 Å². The first-order chi connectivity index (χ1) is 12.6. The molecule has 0 saturated heterocycles. The second kappa shape index (κ2) is 7.13. The van der Waals surface area contributed by atoms with Gasteiger partial charge in [0.2, 0.25) is 0 Å². The summed E-state index contributed by atoms with van der Waals surface area (Å²) < 4.78 is 46.6. The van der Waals surface area contributed by atoms with Crippen molar-refractivity contribution in [3.05, 3.63) is 45.7 Å². The van der Waals surface area contributed by atoms with Gasteiger partial charge in [0.15, 0.2) is 12.4 Å². The number of alkyl halides is 3. The van der Waals surface area contributed by atoms with Crippen LogP contribution in [0.3, 0.4) is 0 Å². The molecule has 0 saturated carbocycles. The number of amides is 1. The number of benzene rings is 1. The van der Waals surface area contributed by atoms with Gasteiger partial charge in [0.25, 0.3) is 11.6 Å². The Bertz CT molecular complexity index is 905. The van der Waals surface area contributed by atoms with Gasteiger partial charge in [-0.3, -0.25) is 4.79 Å². The quantitative estimate of drug-likeness (QED) is 0.747. The zero-order valence-electron chi connectivity index (χ0n) is 13.3. The number of hydrazone groups is 1. The molecule has 12 heteroatoms. The summed E-state index contributed by atoms with van der Waals surface area (Å²) in [4.78, 5) is 12.3. The lowest BCUT2D eigenvalue weighted by molar-refractivity contribution is -0.297. The third-order valence-electron chi connectivity index (χ3n) is 3.68. The molecule has 144 valence electrons. The molecule has 2 aromatic rings. The van der Waals surface area contributed by atoms with Gasteiger partial charge < -0.3 is 9.84 Å². The number of hydrogen-bond donors (Lipinski definition) is 1. The first-order valence-corrected chi connectivity index (χ1v) is 8.56. The molecule has 1 aromatic heterocycles. The summed E-state index contributed by atoms with van der Waals surface area (Å²) in [5.41, 5.74) is -3.72. The van der Waals surface area contributed by atoms with E-state index in [0.717, 1.165) is 10.7 Å². The monoisotopic (exact) mass is 466 g/mol. The lowest BCUT2D eigenvalue weighted by Crippen LogP contribution is -2.56. The number of aromatic nitrogens is 2. The van der Waals surface area contributed by atoms with E-state index in [0.29, 0.717) is 10.8 Å². The number of hydrogen-bond acceptors (Lipinski definition) is 5. The van der Waals surface area contributed by atoms with E-state index in [2.05, 4.69) is 26.1 Å². The van der Waals surface area contributed by atoms with E-state index in [9.17, 15) is 23.1 Å². The van der Waals surface area contributed by atoms with Gasteiger partial charge in [0, 0.05) is 23.3 Å². The Morgan fingerprint density at radius 1 is 1.41 bits per heavy atom. The Hall–Kier alpha value is -2.11. The van der Waals surface area contributed by atoms with E-state index in [1.165, 1.54) is 16.9 Å². The van der Waals surface area contributed by atoms with Crippen LogP contribution >= 0.6 is 27.5 Å². The summed E-state index contributed by atoms with van der Waals surface area (Å²) in [7, 11) is 0. The topological polar surface area (TPSA) is 80.0 Å². The zero-order chi connectivity index (χ0) is 19.8. The van der Waals surface area contributed by atoms with Crippen molar-refractivity contribution in [2.75, 3.05) is 0 Å². The Morgan fingerprint density at radius 3 is 2.81 bits per heavy atom. The minimum atomic E-state index is -5.07. The van der Waals surface area contributed by atoms with Crippen LogP contribution in [0.5, 0.6) is 5.75 Å². The molecule has 3 rings (SSSR count). The van der Waals surface area contributed by atoms with Crippen LogP contribution in [-0.4, -0.2) is 43.9 Å². The molecule has 0 spiro atoms. The first kappa shape index (κ1) is 19.6. The van der Waals surface area contributed by atoms with Crippen molar-refractivity contribution in [3.63, 3.8) is 0 Å². The standard InChI is InChI=1S/C15H11BrClF3N4O3/c16-9-1-2-12(10(17)7-9)27-8-23-6-3-11(22-23)13(25)24-14(26,4-5-21-24)15(18,19)20/h1-3,5-7,26H,4,8H2. The number of nitrogens with zero attached hydrogens (tertiary/aromatic N) is 4. The second-order valence-electron chi connectivity index (χ2n) is 5.52. The van der Waals surface area contributed by atoms with Crippen molar-refractivity contribution in [2.24, 2.45) is 5.10 Å². The van der Waals surface area contributed by atoms with Crippen LogP contribution in [0.2, 0.25) is 5.02 Å². The summed E-state index contributed by atoms with van der Waals surface area (Å²) in [5.74, 6) is -0.831. The van der Waals surface area contributed by atoms with E-state index < -0.39 is 24.2 Å². The molecule has 0 radical (unpaired) electrons. The van der Waals surface area contributed by atoms with E-state index in [4.69, 9.17) is 16.3 Å². The van der Waals surface area contributed by atoms with E-state index >= 15 is 0 Å². The average molecular weight is 468 g/mol. The van der Waals surface area contributed by atoms with Crippen LogP contribution < -0.4 is 4.74 Å². The van der Waals surface area contributed by atoms with Gasteiger partial charge in [-0.1, -0.05) is 27.5 Å². The number of rotatable bonds is 4. The van der Waals surface area contributed by atoms with Crippen LogP contribution in [0, 0.1) is 0 Å². The fourth-order valence-electron chi connectivity index (χ4n) is 2.27. The molecule has 1 atom stereocenters. The Morgan fingerprint density at radius 2 is 2.15 bits per heavy atom. The maximum Gasteiger partial charge on any atom is 0.438 e. The van der Waals surface area contributed by atoms with Crippen molar-refractivity contribution in [3.8, 4) is 5.75 Å². The fourth-order valence-corrected chi connectivity index (χ4v) is 3.00. The van der Waals surface area contributed by atoms with Gasteiger partial charge in [0.05, 0.1) is 5.02 Å². The van der Waals surface area contributed by atoms with Gasteiger partial charge in [-0.2, -0.15) is 28.4 Å². The molecule has 0 bridgehead atoms. The van der Waals surface area contributed by atoms with Gasteiger partial charge in [0.1, 0.15) is 5.75 Å². The lowest BCUT2D eigenvalue weighted by Gasteiger charge is -2.32. The third kappa shape index (κ3) is 3.80. The van der Waals surface area contributed by atoms with Crippen LogP contribution in [0.1, 0.15) is 16.9 Å². The van der Waals surface area contributed by atoms with E-state index in [1.807, 2.05) is 0 Å². The Balaban J connectivity index is 1.72. The highest BCUT2D eigenvalue weighted by Crippen LogP contribution is 2.39. The zero-order valence-corrected chi connectivity index (χ0v) is 15.7. The number of carbonyl (C=O) groups is 1. The second-order valence-corrected chi connectivity index (χ2v) is 6.84. The van der Waals surface area contributed by atoms with E-state index in [-0.39, 0.29) is 17.4 Å². The van der Waals surface area contributed by atoms with Crippen molar-refractivity contribution < 1.29 is 27.8 Å². The number of ether oxygens (including phenoxy) is 1. The molecule has 2 heterocycles. The van der Waals surface area contributed by atoms with Crippen molar-refractivity contribution in [2.45, 2.75) is 25.1 Å². The van der Waals surface area contributed by atoms with Gasteiger partial charge in [-0.05, 0) is 24.3 Å². The fraction of sp³-hybridized carbons (Fsp3) is 0.267. The summed E-state index contributed by atoms with van der Waals surface area (Å²) in [5, 5.41) is 17.3. The summed E-state index contributed by atoms with van der Waals surface area (Å²) >= 11 is 9.27. The van der Waals surface area contributed by atoms with E-state index in [1.54, 1.807) is 18.2 Å². The number of aliphatic hydroxyl groups is 1. The summed E-state index contributed by atoms with van der Waals surface area (Å²) in [6.07, 6.45) is -3.76. The summed E-state index contributed by atoms with van der Waals surface area (Å²) in [6.45, 7) is -0.137. The van der Waals surface area contributed by atoms with Gasteiger partial charge in [-0.15, -0.1) is 0 Å². The van der Waals surface area contributed by atoms with Crippen LogP contribution in [0.15, 0.2) is 40.0 Å². The molecule has 1 amide bonds. The Kier molecular flexibility index (Phi) is 5.19. The van der Waals surface area contributed by atoms with Crippen LogP contribution in [-0.2, 0) is 6.73 Å². The lowest BCUT2D eigenvalue weighted by atomic mass is 10.1. The maximum absolute atomic E-state index is 13.1.